The van der Waals surface area contributed by atoms with E-state index in [2.05, 4.69) is 4.72 Å². The lowest BCUT2D eigenvalue weighted by Crippen LogP contribution is -2.29. The molecule has 20 heavy (non-hydrogen) atoms. The minimum atomic E-state index is -3.77. The summed E-state index contributed by atoms with van der Waals surface area (Å²) in [5.74, 6) is 0.110. The fourth-order valence-corrected chi connectivity index (χ4v) is 5.35. The molecule has 0 spiro atoms. The lowest BCUT2D eigenvalue weighted by Gasteiger charge is -2.16. The maximum atomic E-state index is 12.3. The monoisotopic (exact) mass is 369 g/mol. The van der Waals surface area contributed by atoms with Crippen molar-refractivity contribution < 1.29 is 8.42 Å². The molecular weight excluding hydrogens is 361 g/mol. The third-order valence-electron chi connectivity index (χ3n) is 2.57. The molecule has 1 unspecified atom stereocenters. The highest BCUT2D eigenvalue weighted by molar-refractivity contribution is 7.89. The molecule has 0 amide bonds. The van der Waals surface area contributed by atoms with Gasteiger partial charge < -0.3 is 0 Å². The summed E-state index contributed by atoms with van der Waals surface area (Å²) in [5, 5.41) is 0. The van der Waals surface area contributed by atoms with Gasteiger partial charge in [-0.15, -0.1) is 22.9 Å². The fourth-order valence-electron chi connectivity index (χ4n) is 1.63. The van der Waals surface area contributed by atoms with Crippen LogP contribution in [0.2, 0.25) is 8.67 Å². The van der Waals surface area contributed by atoms with Gasteiger partial charge in [0.25, 0.3) is 0 Å². The van der Waals surface area contributed by atoms with E-state index in [0.29, 0.717) is 4.34 Å². The Morgan fingerprint density at radius 3 is 2.35 bits per heavy atom. The van der Waals surface area contributed by atoms with Crippen LogP contribution in [0.4, 0.5) is 0 Å². The summed E-state index contributed by atoms with van der Waals surface area (Å²) in [7, 11) is -3.77. The molecule has 1 aromatic heterocycles. The molecule has 108 valence electrons. The summed E-state index contributed by atoms with van der Waals surface area (Å²) in [5.41, 5.74) is 0.781. The topological polar surface area (TPSA) is 46.2 Å². The van der Waals surface area contributed by atoms with Crippen LogP contribution >= 0.6 is 46.1 Å². The van der Waals surface area contributed by atoms with Crippen LogP contribution in [0.25, 0.3) is 0 Å². The van der Waals surface area contributed by atoms with E-state index in [4.69, 9.17) is 34.8 Å². The number of halogens is 3. The summed E-state index contributed by atoms with van der Waals surface area (Å²) < 4.78 is 27.6. The normalized spacial score (nSPS) is 13.3. The largest absolute Gasteiger partial charge is 0.243 e. The van der Waals surface area contributed by atoms with Gasteiger partial charge in [-0.25, -0.2) is 13.1 Å². The molecule has 0 aliphatic rings. The number of thiophene rings is 1. The van der Waals surface area contributed by atoms with Gasteiger partial charge in [-0.1, -0.05) is 53.5 Å². The molecular formula is C12H10Cl3NO2S2. The Kier molecular flexibility index (Phi) is 5.34. The first kappa shape index (κ1) is 16.1. The number of hydrogen-bond donors (Lipinski definition) is 1. The molecule has 2 aromatic rings. The number of benzene rings is 1. The lowest BCUT2D eigenvalue weighted by atomic mass is 10.1. The van der Waals surface area contributed by atoms with E-state index in [1.54, 1.807) is 12.1 Å². The molecule has 0 aliphatic heterocycles. The van der Waals surface area contributed by atoms with Crippen molar-refractivity contribution in [3.63, 3.8) is 0 Å². The van der Waals surface area contributed by atoms with Gasteiger partial charge in [0.05, 0.1) is 10.4 Å². The second-order valence-electron chi connectivity index (χ2n) is 3.93. The molecule has 2 rings (SSSR count). The van der Waals surface area contributed by atoms with Gasteiger partial charge in [-0.05, 0) is 11.6 Å². The second kappa shape index (κ2) is 6.64. The predicted molar refractivity (Wildman–Crippen MR) is 84.6 cm³/mol. The highest BCUT2D eigenvalue weighted by Gasteiger charge is 2.25. The van der Waals surface area contributed by atoms with Crippen molar-refractivity contribution in [1.82, 2.24) is 4.72 Å². The van der Waals surface area contributed by atoms with Crippen molar-refractivity contribution in [3.8, 4) is 0 Å². The van der Waals surface area contributed by atoms with E-state index in [1.807, 2.05) is 18.2 Å². The molecule has 0 aliphatic carbocycles. The Morgan fingerprint density at radius 1 is 1.20 bits per heavy atom. The molecule has 3 nitrogen and oxygen atoms in total. The van der Waals surface area contributed by atoms with Crippen LogP contribution in [0.1, 0.15) is 11.6 Å². The Hall–Kier alpha value is -0.300. The Labute approximate surface area is 136 Å². The first-order valence-corrected chi connectivity index (χ1v) is 9.11. The number of rotatable bonds is 5. The summed E-state index contributed by atoms with van der Waals surface area (Å²) in [4.78, 5) is -0.0276. The van der Waals surface area contributed by atoms with E-state index < -0.39 is 16.1 Å². The number of sulfonamides is 1. The summed E-state index contributed by atoms with van der Waals surface area (Å²) >= 11 is 18.5. The second-order valence-corrected chi connectivity index (χ2v) is 8.20. The smallest absolute Gasteiger partial charge is 0.207 e. The molecule has 0 radical (unpaired) electrons. The van der Waals surface area contributed by atoms with Crippen LogP contribution in [0.3, 0.4) is 0 Å². The van der Waals surface area contributed by atoms with Crippen LogP contribution in [-0.4, -0.2) is 14.3 Å². The third kappa shape index (κ3) is 3.67. The number of nitrogens with one attached hydrogen (secondary N) is 1. The Bertz CT molecular complexity index is 686. The molecule has 0 saturated heterocycles. The third-order valence-corrected chi connectivity index (χ3v) is 6.10. The van der Waals surface area contributed by atoms with Crippen molar-refractivity contribution in [2.75, 3.05) is 5.88 Å². The molecule has 1 aromatic carbocycles. The van der Waals surface area contributed by atoms with E-state index >= 15 is 0 Å². The van der Waals surface area contributed by atoms with Crippen molar-refractivity contribution in [1.29, 1.82) is 0 Å². The van der Waals surface area contributed by atoms with Crippen LogP contribution in [0, 0.1) is 0 Å². The van der Waals surface area contributed by atoms with Crippen LogP contribution in [0.5, 0.6) is 0 Å². The minimum absolute atomic E-state index is 0.0276. The molecule has 0 bridgehead atoms. The molecule has 1 atom stereocenters. The van der Waals surface area contributed by atoms with Gasteiger partial charge in [0.1, 0.15) is 9.23 Å². The highest BCUT2D eigenvalue weighted by Crippen LogP contribution is 2.34. The standard InChI is InChI=1S/C12H10Cl3NO2S2/c13-7-9(8-4-2-1-3-5-8)16-20(17,18)10-6-11(14)19-12(10)15/h1-6,9,16H,7H2. The van der Waals surface area contributed by atoms with Crippen molar-refractivity contribution in [2.45, 2.75) is 10.9 Å². The predicted octanol–water partition coefficient (Wildman–Crippen LogP) is 4.31. The zero-order valence-corrected chi connectivity index (χ0v) is 13.9. The Balaban J connectivity index is 2.29. The van der Waals surface area contributed by atoms with Gasteiger partial charge in [0.2, 0.25) is 10.0 Å². The van der Waals surface area contributed by atoms with Crippen LogP contribution in [0.15, 0.2) is 41.3 Å². The van der Waals surface area contributed by atoms with Crippen LogP contribution in [-0.2, 0) is 10.0 Å². The van der Waals surface area contributed by atoms with Gasteiger partial charge >= 0.3 is 0 Å². The average Bonchev–Trinajstić information content (AvgIpc) is 2.77. The Morgan fingerprint density at radius 2 is 1.85 bits per heavy atom. The highest BCUT2D eigenvalue weighted by atomic mass is 35.5. The minimum Gasteiger partial charge on any atom is -0.207 e. The fraction of sp³-hybridized carbons (Fsp3) is 0.167. The molecule has 8 heteroatoms. The maximum Gasteiger partial charge on any atom is 0.243 e. The average molecular weight is 371 g/mol. The zero-order chi connectivity index (χ0) is 14.8. The molecule has 0 saturated carbocycles. The van der Waals surface area contributed by atoms with E-state index in [0.717, 1.165) is 16.9 Å². The van der Waals surface area contributed by atoms with Gasteiger partial charge in [-0.2, -0.15) is 0 Å². The number of hydrogen-bond acceptors (Lipinski definition) is 3. The van der Waals surface area contributed by atoms with E-state index in [-0.39, 0.29) is 15.1 Å². The first-order chi connectivity index (χ1) is 9.44. The van der Waals surface area contributed by atoms with Gasteiger partial charge in [0.15, 0.2) is 0 Å². The summed E-state index contributed by atoms with van der Waals surface area (Å²) in [6.45, 7) is 0. The van der Waals surface area contributed by atoms with Crippen molar-refractivity contribution >= 4 is 56.2 Å². The summed E-state index contributed by atoms with van der Waals surface area (Å²) in [6.07, 6.45) is 0. The van der Waals surface area contributed by atoms with E-state index in [1.165, 1.54) is 6.07 Å². The van der Waals surface area contributed by atoms with E-state index in [9.17, 15) is 8.42 Å². The summed E-state index contributed by atoms with van der Waals surface area (Å²) in [6, 6.07) is 9.88. The van der Waals surface area contributed by atoms with Crippen molar-refractivity contribution in [2.24, 2.45) is 0 Å². The molecule has 0 fully saturated rings. The zero-order valence-electron chi connectivity index (χ0n) is 10.0. The van der Waals surface area contributed by atoms with Gasteiger partial charge in [-0.3, -0.25) is 0 Å². The maximum absolute atomic E-state index is 12.3. The molecule has 1 heterocycles. The SMILES string of the molecule is O=S(=O)(NC(CCl)c1ccccc1)c1cc(Cl)sc1Cl. The van der Waals surface area contributed by atoms with Gasteiger partial charge in [0, 0.05) is 5.88 Å². The molecule has 1 N–H and O–H groups in total. The van der Waals surface area contributed by atoms with Crippen LogP contribution < -0.4 is 4.72 Å². The number of alkyl halides is 1. The first-order valence-electron chi connectivity index (χ1n) is 5.52. The lowest BCUT2D eigenvalue weighted by molar-refractivity contribution is 0.568. The quantitative estimate of drug-likeness (QED) is 0.797. The van der Waals surface area contributed by atoms with Crippen molar-refractivity contribution in [3.05, 3.63) is 50.6 Å².